The van der Waals surface area contributed by atoms with E-state index in [1.54, 1.807) is 0 Å². The summed E-state index contributed by atoms with van der Waals surface area (Å²) in [5, 5.41) is 9.39. The second-order valence-electron chi connectivity index (χ2n) is 12.4. The van der Waals surface area contributed by atoms with Crippen molar-refractivity contribution in [2.75, 3.05) is 19.7 Å². The van der Waals surface area contributed by atoms with Crippen LogP contribution < -0.4 is 9.47 Å². The van der Waals surface area contributed by atoms with Crippen molar-refractivity contribution in [3.8, 4) is 17.6 Å². The summed E-state index contributed by atoms with van der Waals surface area (Å²) in [4.78, 5) is 16.6. The molecule has 0 N–H and O–H groups in total. The molecule has 4 aliphatic rings. The Bertz CT molecular complexity index is 1350. The highest BCUT2D eigenvalue weighted by Gasteiger charge is 2.43. The number of rotatable bonds is 6. The number of ether oxygens (including phenoxy) is 2. The quantitative estimate of drug-likeness (QED) is 0.446. The van der Waals surface area contributed by atoms with Gasteiger partial charge in [-0.1, -0.05) is 26.3 Å². The molecule has 0 bridgehead atoms. The Labute approximate surface area is 226 Å². The monoisotopic (exact) mass is 510 g/mol. The highest BCUT2D eigenvalue weighted by Crippen LogP contribution is 2.52. The molecule has 0 radical (unpaired) electrons. The molecule has 6 rings (SSSR count). The van der Waals surface area contributed by atoms with E-state index in [1.807, 2.05) is 38.1 Å². The molecule has 2 fully saturated rings. The van der Waals surface area contributed by atoms with Gasteiger partial charge in [0.25, 0.3) is 0 Å². The number of hydrogen-bond acceptors (Lipinski definition) is 5. The van der Waals surface area contributed by atoms with Gasteiger partial charge in [0.05, 0.1) is 24.3 Å². The fourth-order valence-electron chi connectivity index (χ4n) is 6.75. The molecule has 1 heterocycles. The summed E-state index contributed by atoms with van der Waals surface area (Å²) in [5.41, 5.74) is 5.94. The van der Waals surface area contributed by atoms with Gasteiger partial charge in [0.15, 0.2) is 17.3 Å². The van der Waals surface area contributed by atoms with E-state index in [4.69, 9.17) is 9.47 Å². The third-order valence-electron chi connectivity index (χ3n) is 9.23. The minimum Gasteiger partial charge on any atom is -0.489 e. The van der Waals surface area contributed by atoms with Crippen LogP contribution in [0.15, 0.2) is 35.9 Å². The molecular formula is C33H38N2O3. The lowest BCUT2D eigenvalue weighted by molar-refractivity contribution is 0.0700. The van der Waals surface area contributed by atoms with Crippen molar-refractivity contribution in [1.29, 1.82) is 5.26 Å². The predicted molar refractivity (Wildman–Crippen MR) is 149 cm³/mol. The summed E-state index contributed by atoms with van der Waals surface area (Å²) in [6.07, 6.45) is 7.12. The number of piperidine rings is 1. The average molecular weight is 511 g/mol. The van der Waals surface area contributed by atoms with Gasteiger partial charge in [0, 0.05) is 22.6 Å². The van der Waals surface area contributed by atoms with Crippen LogP contribution in [-0.4, -0.2) is 42.5 Å². The van der Waals surface area contributed by atoms with Gasteiger partial charge in [0.1, 0.15) is 0 Å². The first-order valence-electron chi connectivity index (χ1n) is 14.3. The number of likely N-dealkylation sites (tertiary alicyclic amines) is 1. The third kappa shape index (κ3) is 4.24. The van der Waals surface area contributed by atoms with E-state index in [-0.39, 0.29) is 17.3 Å². The van der Waals surface area contributed by atoms with E-state index in [2.05, 4.69) is 30.9 Å². The minimum absolute atomic E-state index is 0.0285. The summed E-state index contributed by atoms with van der Waals surface area (Å²) in [5.74, 6) is 1.97. The zero-order chi connectivity index (χ0) is 26.6. The van der Waals surface area contributed by atoms with Gasteiger partial charge in [-0.3, -0.25) is 4.79 Å². The molecule has 2 aromatic carbocycles. The Morgan fingerprint density at radius 1 is 1.05 bits per heavy atom. The summed E-state index contributed by atoms with van der Waals surface area (Å²) in [7, 11) is 0. The molecule has 0 spiro atoms. The lowest BCUT2D eigenvalue weighted by Gasteiger charge is -2.41. The van der Waals surface area contributed by atoms with Crippen LogP contribution in [0.5, 0.6) is 11.5 Å². The molecule has 0 unspecified atom stereocenters. The fourth-order valence-corrected chi connectivity index (χ4v) is 6.75. The number of nitriles is 1. The summed E-state index contributed by atoms with van der Waals surface area (Å²) < 4.78 is 12.7. The summed E-state index contributed by atoms with van der Waals surface area (Å²) in [6, 6.07) is 12.7. The van der Waals surface area contributed by atoms with Crippen LogP contribution in [0.1, 0.15) is 92.4 Å². The number of nitrogens with zero attached hydrogens (tertiary/aromatic N) is 2. The second-order valence-corrected chi connectivity index (χ2v) is 12.4. The van der Waals surface area contributed by atoms with Crippen molar-refractivity contribution in [3.05, 3.63) is 63.7 Å². The largest absolute Gasteiger partial charge is 0.489 e. The molecule has 198 valence electrons. The summed E-state index contributed by atoms with van der Waals surface area (Å²) >= 11 is 0. The number of carbonyl (C=O) groups excluding carboxylic acids is 1. The molecule has 5 heteroatoms. The standard InChI is InChI=1S/C33H38N2O3/c1-20(2)38-30-16-26-27(17-29(30)37-19-21-10-12-35(13-11-21)24-6-5-7-24)33(3,4)28-15-23-14-22(18-34)8-9-25(23)31(28)32(26)36/h8-9,14,16-17,20-21,24H,5-7,10-13,15,19H2,1-4H3. The lowest BCUT2D eigenvalue weighted by atomic mass is 9.68. The molecule has 1 saturated heterocycles. The van der Waals surface area contributed by atoms with Crippen molar-refractivity contribution in [1.82, 2.24) is 4.90 Å². The molecule has 1 aliphatic heterocycles. The maximum absolute atomic E-state index is 13.9. The van der Waals surface area contributed by atoms with Gasteiger partial charge < -0.3 is 14.4 Å². The van der Waals surface area contributed by atoms with E-state index in [0.717, 1.165) is 39.6 Å². The molecule has 3 aliphatic carbocycles. The van der Waals surface area contributed by atoms with E-state index < -0.39 is 0 Å². The van der Waals surface area contributed by atoms with E-state index in [0.29, 0.717) is 35.8 Å². The number of Topliss-reactive ketones (excluding diaryl/α,β-unsaturated/α-hetero) is 1. The number of allylic oxidation sites excluding steroid dienone is 2. The van der Waals surface area contributed by atoms with Crippen molar-refractivity contribution in [2.24, 2.45) is 5.92 Å². The third-order valence-corrected chi connectivity index (χ3v) is 9.23. The topological polar surface area (TPSA) is 62.6 Å². The number of hydrogen-bond donors (Lipinski definition) is 0. The van der Waals surface area contributed by atoms with E-state index in [9.17, 15) is 10.1 Å². The van der Waals surface area contributed by atoms with Crippen molar-refractivity contribution >= 4 is 11.4 Å². The molecule has 5 nitrogen and oxygen atoms in total. The zero-order valence-corrected chi connectivity index (χ0v) is 23.1. The number of carbonyl (C=O) groups is 1. The maximum Gasteiger partial charge on any atom is 0.194 e. The molecule has 1 saturated carbocycles. The number of benzene rings is 2. The minimum atomic E-state index is -0.340. The number of ketones is 1. The van der Waals surface area contributed by atoms with Gasteiger partial charge in [-0.25, -0.2) is 0 Å². The number of fused-ring (bicyclic) bond motifs is 3. The summed E-state index contributed by atoms with van der Waals surface area (Å²) in [6.45, 7) is 11.4. The second kappa shape index (κ2) is 9.58. The first-order valence-corrected chi connectivity index (χ1v) is 14.3. The Balaban J connectivity index is 1.28. The predicted octanol–water partition coefficient (Wildman–Crippen LogP) is 6.47. The van der Waals surface area contributed by atoms with Crippen molar-refractivity contribution in [3.63, 3.8) is 0 Å². The normalized spacial score (nSPS) is 21.0. The Morgan fingerprint density at radius 3 is 2.47 bits per heavy atom. The molecule has 0 atom stereocenters. The molecule has 2 aromatic rings. The molecular weight excluding hydrogens is 472 g/mol. The van der Waals surface area contributed by atoms with Gasteiger partial charge in [-0.15, -0.1) is 0 Å². The highest BCUT2D eigenvalue weighted by atomic mass is 16.5. The van der Waals surface area contributed by atoms with E-state index in [1.165, 1.54) is 45.2 Å². The van der Waals surface area contributed by atoms with Crippen LogP contribution in [-0.2, 0) is 11.8 Å². The molecule has 0 amide bonds. The van der Waals surface area contributed by atoms with Crippen molar-refractivity contribution in [2.45, 2.75) is 83.8 Å². The van der Waals surface area contributed by atoms with E-state index >= 15 is 0 Å². The van der Waals surface area contributed by atoms with Crippen LogP contribution in [0, 0.1) is 17.2 Å². The van der Waals surface area contributed by atoms with Gasteiger partial charge in [0.2, 0.25) is 0 Å². The molecule has 38 heavy (non-hydrogen) atoms. The zero-order valence-electron chi connectivity index (χ0n) is 23.1. The Kier molecular flexibility index (Phi) is 6.35. The van der Waals surface area contributed by atoms with Crippen LogP contribution in [0.4, 0.5) is 0 Å². The average Bonchev–Trinajstić information content (AvgIpc) is 3.26. The molecule has 0 aromatic heterocycles. The first-order chi connectivity index (χ1) is 18.3. The lowest BCUT2D eigenvalue weighted by Crippen LogP contribution is -2.45. The highest BCUT2D eigenvalue weighted by molar-refractivity contribution is 6.33. The van der Waals surface area contributed by atoms with Gasteiger partial charge >= 0.3 is 0 Å². The maximum atomic E-state index is 13.9. The fraction of sp³-hybridized carbons (Fsp3) is 0.515. The van der Waals surface area contributed by atoms with Crippen LogP contribution in [0.25, 0.3) is 5.57 Å². The van der Waals surface area contributed by atoms with Gasteiger partial charge in [-0.2, -0.15) is 5.26 Å². The van der Waals surface area contributed by atoms with Gasteiger partial charge in [-0.05, 0) is 111 Å². The van der Waals surface area contributed by atoms with Crippen molar-refractivity contribution < 1.29 is 14.3 Å². The smallest absolute Gasteiger partial charge is 0.194 e. The Morgan fingerprint density at radius 2 is 1.82 bits per heavy atom. The SMILES string of the molecule is CC(C)Oc1cc2c(cc1OCC1CCN(C3CCC3)CC1)C(C)(C)C1=C(C2=O)c2ccc(C#N)cc2C1. The first kappa shape index (κ1) is 25.2. The Hall–Kier alpha value is -3.10. The van der Waals surface area contributed by atoms with Crippen LogP contribution in [0.3, 0.4) is 0 Å². The van der Waals surface area contributed by atoms with Crippen LogP contribution >= 0.6 is 0 Å². The van der Waals surface area contributed by atoms with Crippen LogP contribution in [0.2, 0.25) is 0 Å².